The zero-order valence-corrected chi connectivity index (χ0v) is 15.4. The number of aryl methyl sites for hydroxylation is 2. The van der Waals surface area contributed by atoms with Crippen molar-refractivity contribution in [2.75, 3.05) is 0 Å². The van der Waals surface area contributed by atoms with Crippen molar-refractivity contribution in [3.8, 4) is 0 Å². The summed E-state index contributed by atoms with van der Waals surface area (Å²) in [7, 11) is -2.42. The minimum absolute atomic E-state index is 1.21. The van der Waals surface area contributed by atoms with Crippen molar-refractivity contribution in [3.63, 3.8) is 0 Å². The van der Waals surface area contributed by atoms with E-state index < -0.39 is 16.1 Å². The minimum Gasteiger partial charge on any atom is -0.0644 e. The summed E-state index contributed by atoms with van der Waals surface area (Å²) in [6.07, 6.45) is 5.37. The van der Waals surface area contributed by atoms with Gasteiger partial charge in [-0.15, -0.1) is 0 Å². The van der Waals surface area contributed by atoms with Crippen molar-refractivity contribution < 1.29 is 0 Å². The summed E-state index contributed by atoms with van der Waals surface area (Å²) in [4.78, 5) is 1.78. The van der Waals surface area contributed by atoms with Gasteiger partial charge >= 0.3 is 0 Å². The van der Waals surface area contributed by atoms with E-state index >= 15 is 0 Å². The van der Waals surface area contributed by atoms with E-state index in [1.165, 1.54) is 35.2 Å². The Balaban J connectivity index is 2.52. The lowest BCUT2D eigenvalue weighted by molar-refractivity contribution is 0.995. The molecular formula is C17H27Si2+. The van der Waals surface area contributed by atoms with Gasteiger partial charge in [-0.2, -0.15) is 0 Å². The van der Waals surface area contributed by atoms with E-state index in [9.17, 15) is 0 Å². The van der Waals surface area contributed by atoms with Crippen LogP contribution in [0, 0.1) is 19.9 Å². The van der Waals surface area contributed by atoms with Gasteiger partial charge in [0.25, 0.3) is 0 Å². The Morgan fingerprint density at radius 3 is 2.11 bits per heavy atom. The molecule has 0 N–H and O–H groups in total. The summed E-state index contributed by atoms with van der Waals surface area (Å²) in [6.45, 7) is 14.6. The summed E-state index contributed by atoms with van der Waals surface area (Å²) in [5.41, 5.74) is 4.07. The molecule has 1 aliphatic rings. The first-order valence-electron chi connectivity index (χ1n) is 7.45. The van der Waals surface area contributed by atoms with Gasteiger partial charge in [0.1, 0.15) is 0 Å². The molecular weight excluding hydrogens is 260 g/mol. The molecule has 19 heavy (non-hydrogen) atoms. The Morgan fingerprint density at radius 1 is 0.947 bits per heavy atom. The van der Waals surface area contributed by atoms with Crippen LogP contribution in [0.2, 0.25) is 38.3 Å². The molecule has 0 spiro atoms. The van der Waals surface area contributed by atoms with Crippen molar-refractivity contribution in [2.24, 2.45) is 0 Å². The lowest BCUT2D eigenvalue weighted by atomic mass is 10.1. The Labute approximate surface area is 121 Å². The zero-order chi connectivity index (χ0) is 14.3. The molecule has 1 aromatic carbocycles. The van der Waals surface area contributed by atoms with Crippen molar-refractivity contribution >= 4 is 16.1 Å². The van der Waals surface area contributed by atoms with Gasteiger partial charge in [-0.1, -0.05) is 44.7 Å². The maximum atomic E-state index is 3.91. The Hall–Kier alpha value is -0.696. The van der Waals surface area contributed by atoms with E-state index in [2.05, 4.69) is 64.3 Å². The Kier molecular flexibility index (Phi) is 3.88. The fourth-order valence-electron chi connectivity index (χ4n) is 3.48. The quantitative estimate of drug-likeness (QED) is 0.487. The van der Waals surface area contributed by atoms with Crippen LogP contribution in [-0.2, 0) is 0 Å². The third-order valence-electron chi connectivity index (χ3n) is 4.61. The SMILES string of the molecule is Cc1ccc(C)c([C+]=C2[Si](C)(C)CCC[Si]2(C)C)c1. The highest BCUT2D eigenvalue weighted by atomic mass is 28.4. The molecule has 1 saturated heterocycles. The van der Waals surface area contributed by atoms with Gasteiger partial charge in [0.2, 0.25) is 0 Å². The van der Waals surface area contributed by atoms with E-state index in [1.807, 2.05) is 0 Å². The predicted molar refractivity (Wildman–Crippen MR) is 91.0 cm³/mol. The van der Waals surface area contributed by atoms with Gasteiger partial charge in [-0.3, -0.25) is 0 Å². The summed E-state index contributed by atoms with van der Waals surface area (Å²) in [5.74, 6) is 0. The van der Waals surface area contributed by atoms with Crippen LogP contribution in [0.4, 0.5) is 0 Å². The molecule has 0 aromatic heterocycles. The molecule has 0 atom stereocenters. The molecule has 1 heterocycles. The van der Waals surface area contributed by atoms with Crippen LogP contribution in [0.15, 0.2) is 23.0 Å². The van der Waals surface area contributed by atoms with Crippen LogP contribution in [0.5, 0.6) is 0 Å². The van der Waals surface area contributed by atoms with E-state index in [4.69, 9.17) is 0 Å². The fraction of sp³-hybridized carbons (Fsp3) is 0.529. The Morgan fingerprint density at radius 2 is 1.53 bits per heavy atom. The first kappa shape index (κ1) is 14.7. The number of hydrogen-bond acceptors (Lipinski definition) is 0. The number of hydrogen-bond donors (Lipinski definition) is 0. The molecule has 1 aliphatic heterocycles. The molecule has 0 bridgehead atoms. The zero-order valence-electron chi connectivity index (χ0n) is 13.4. The molecule has 102 valence electrons. The number of benzene rings is 1. The maximum Gasteiger partial charge on any atom is 0.190 e. The van der Waals surface area contributed by atoms with Crippen LogP contribution < -0.4 is 0 Å². The molecule has 0 saturated carbocycles. The second-order valence-corrected chi connectivity index (χ2v) is 17.5. The van der Waals surface area contributed by atoms with Gasteiger partial charge in [-0.25, -0.2) is 0 Å². The van der Waals surface area contributed by atoms with Crippen molar-refractivity contribution in [1.82, 2.24) is 0 Å². The third-order valence-corrected chi connectivity index (χ3v) is 14.8. The van der Waals surface area contributed by atoms with Crippen LogP contribution in [-0.4, -0.2) is 16.1 Å². The van der Waals surface area contributed by atoms with Gasteiger partial charge in [0.15, 0.2) is 5.56 Å². The number of rotatable bonds is 1. The van der Waals surface area contributed by atoms with E-state index in [-0.39, 0.29) is 0 Å². The lowest BCUT2D eigenvalue weighted by Gasteiger charge is -2.38. The lowest BCUT2D eigenvalue weighted by Crippen LogP contribution is -2.48. The highest BCUT2D eigenvalue weighted by Crippen LogP contribution is 2.39. The van der Waals surface area contributed by atoms with Crippen molar-refractivity contribution in [1.29, 1.82) is 0 Å². The van der Waals surface area contributed by atoms with Crippen LogP contribution in [0.3, 0.4) is 0 Å². The standard InChI is InChI=1S/C17H27Si2/c1-14-8-9-15(2)16(12-14)13-17-18(3,4)10-7-11-19(17,5)6/h8-9,12H,7,10-11H2,1-6H3/q+1. The first-order valence-corrected chi connectivity index (χ1v) is 13.9. The highest BCUT2D eigenvalue weighted by molar-refractivity contribution is 7.06. The van der Waals surface area contributed by atoms with Gasteiger partial charge < -0.3 is 0 Å². The second kappa shape index (κ2) is 5.01. The average molecular weight is 288 g/mol. The summed E-state index contributed by atoms with van der Waals surface area (Å²) in [6, 6.07) is 9.67. The molecule has 0 unspecified atom stereocenters. The highest BCUT2D eigenvalue weighted by Gasteiger charge is 2.44. The first-order chi connectivity index (χ1) is 8.72. The van der Waals surface area contributed by atoms with Crippen LogP contribution in [0.25, 0.3) is 0 Å². The normalized spacial score (nSPS) is 21.1. The van der Waals surface area contributed by atoms with E-state index in [0.29, 0.717) is 0 Å². The molecule has 0 radical (unpaired) electrons. The molecule has 0 aliphatic carbocycles. The summed E-state index contributed by atoms with van der Waals surface area (Å²) >= 11 is 0. The molecule has 1 fully saturated rings. The van der Waals surface area contributed by atoms with Crippen LogP contribution >= 0.6 is 0 Å². The monoisotopic (exact) mass is 287 g/mol. The molecule has 0 nitrogen and oxygen atoms in total. The van der Waals surface area contributed by atoms with Crippen molar-refractivity contribution in [2.45, 2.75) is 58.5 Å². The fourth-order valence-corrected chi connectivity index (χ4v) is 15.5. The molecule has 2 rings (SSSR count). The second-order valence-electron chi connectivity index (χ2n) is 7.44. The van der Waals surface area contributed by atoms with E-state index in [0.717, 1.165) is 0 Å². The topological polar surface area (TPSA) is 0 Å². The largest absolute Gasteiger partial charge is 0.190 e. The van der Waals surface area contributed by atoms with Gasteiger partial charge in [-0.05, 0) is 19.1 Å². The molecule has 2 heteroatoms. The summed E-state index contributed by atoms with van der Waals surface area (Å²) < 4.78 is 0. The summed E-state index contributed by atoms with van der Waals surface area (Å²) in [5, 5.41) is 0. The predicted octanol–water partition coefficient (Wildman–Crippen LogP) is 5.28. The molecule has 1 aromatic rings. The van der Waals surface area contributed by atoms with Crippen molar-refractivity contribution in [3.05, 3.63) is 45.8 Å². The smallest absolute Gasteiger partial charge is 0.0644 e. The van der Waals surface area contributed by atoms with Crippen LogP contribution in [0.1, 0.15) is 23.1 Å². The average Bonchev–Trinajstić information content (AvgIpc) is 2.27. The van der Waals surface area contributed by atoms with E-state index in [1.54, 1.807) is 4.82 Å². The third kappa shape index (κ3) is 3.07. The van der Waals surface area contributed by atoms with Gasteiger partial charge in [0, 0.05) is 23.4 Å². The Bertz CT molecular complexity index is 492. The minimum atomic E-state index is -1.21. The van der Waals surface area contributed by atoms with Gasteiger partial charge in [0.05, 0.1) is 27.8 Å². The maximum absolute atomic E-state index is 3.91. The molecule has 0 amide bonds.